The minimum atomic E-state index is -1.03. The SMILES string of the molecule is COc1c(SC)ccc(C(=O)O)c1OC. The van der Waals surface area contributed by atoms with Gasteiger partial charge in [-0.1, -0.05) is 0 Å². The van der Waals surface area contributed by atoms with E-state index >= 15 is 0 Å². The zero-order chi connectivity index (χ0) is 11.4. The lowest BCUT2D eigenvalue weighted by atomic mass is 10.2. The van der Waals surface area contributed by atoms with Crippen LogP contribution in [0, 0.1) is 0 Å². The summed E-state index contributed by atoms with van der Waals surface area (Å²) in [7, 11) is 2.91. The van der Waals surface area contributed by atoms with Gasteiger partial charge in [0.05, 0.1) is 19.1 Å². The van der Waals surface area contributed by atoms with Crippen molar-refractivity contribution in [2.45, 2.75) is 4.90 Å². The van der Waals surface area contributed by atoms with Gasteiger partial charge in [0.15, 0.2) is 11.5 Å². The summed E-state index contributed by atoms with van der Waals surface area (Å²) in [6.07, 6.45) is 1.89. The minimum Gasteiger partial charge on any atom is -0.492 e. The van der Waals surface area contributed by atoms with E-state index < -0.39 is 5.97 Å². The van der Waals surface area contributed by atoms with E-state index in [0.717, 1.165) is 4.90 Å². The maximum atomic E-state index is 10.9. The van der Waals surface area contributed by atoms with Crippen LogP contribution < -0.4 is 9.47 Å². The van der Waals surface area contributed by atoms with Crippen molar-refractivity contribution in [3.8, 4) is 11.5 Å². The number of ether oxygens (including phenoxy) is 2. The van der Waals surface area contributed by atoms with Gasteiger partial charge < -0.3 is 14.6 Å². The van der Waals surface area contributed by atoms with Crippen molar-refractivity contribution in [3.05, 3.63) is 17.7 Å². The van der Waals surface area contributed by atoms with Crippen molar-refractivity contribution >= 4 is 17.7 Å². The van der Waals surface area contributed by atoms with Gasteiger partial charge in [0.2, 0.25) is 0 Å². The molecule has 0 spiro atoms. The van der Waals surface area contributed by atoms with Crippen molar-refractivity contribution in [2.75, 3.05) is 20.5 Å². The van der Waals surface area contributed by atoms with Crippen molar-refractivity contribution < 1.29 is 19.4 Å². The van der Waals surface area contributed by atoms with Crippen molar-refractivity contribution in [1.29, 1.82) is 0 Å². The Bertz CT molecular complexity index is 376. The summed E-state index contributed by atoms with van der Waals surface area (Å²) in [6, 6.07) is 3.21. The molecule has 1 aromatic rings. The van der Waals surface area contributed by atoms with Crippen LogP contribution in [-0.2, 0) is 0 Å². The first-order valence-corrected chi connectivity index (χ1v) is 5.40. The number of benzene rings is 1. The van der Waals surface area contributed by atoms with Crippen molar-refractivity contribution in [3.63, 3.8) is 0 Å². The Kier molecular flexibility index (Phi) is 3.85. The Morgan fingerprint density at radius 1 is 1.27 bits per heavy atom. The molecule has 0 aliphatic rings. The molecule has 0 saturated heterocycles. The van der Waals surface area contributed by atoms with E-state index in [4.69, 9.17) is 14.6 Å². The van der Waals surface area contributed by atoms with Gasteiger partial charge >= 0.3 is 5.97 Å². The lowest BCUT2D eigenvalue weighted by molar-refractivity contribution is 0.0692. The molecule has 1 N–H and O–H groups in total. The quantitative estimate of drug-likeness (QED) is 0.800. The fraction of sp³-hybridized carbons (Fsp3) is 0.300. The number of carbonyl (C=O) groups is 1. The van der Waals surface area contributed by atoms with Gasteiger partial charge in [0, 0.05) is 0 Å². The summed E-state index contributed by atoms with van der Waals surface area (Å²) in [5, 5.41) is 8.94. The number of carboxylic acid groups (broad SMARTS) is 1. The Hall–Kier alpha value is -1.36. The van der Waals surface area contributed by atoms with Gasteiger partial charge in [-0.05, 0) is 18.4 Å². The van der Waals surface area contributed by atoms with Crippen molar-refractivity contribution in [1.82, 2.24) is 0 Å². The van der Waals surface area contributed by atoms with Crippen LogP contribution >= 0.6 is 11.8 Å². The number of methoxy groups -OCH3 is 2. The van der Waals surface area contributed by atoms with Crippen LogP contribution in [0.5, 0.6) is 11.5 Å². The first-order chi connectivity index (χ1) is 7.15. The zero-order valence-corrected chi connectivity index (χ0v) is 9.55. The van der Waals surface area contributed by atoms with Gasteiger partial charge in [-0.2, -0.15) is 0 Å². The summed E-state index contributed by atoms with van der Waals surface area (Å²) in [4.78, 5) is 11.8. The van der Waals surface area contributed by atoms with Gasteiger partial charge in [-0.15, -0.1) is 11.8 Å². The molecule has 0 unspecified atom stereocenters. The second kappa shape index (κ2) is 4.93. The second-order valence-electron chi connectivity index (χ2n) is 2.69. The molecule has 4 nitrogen and oxygen atoms in total. The maximum Gasteiger partial charge on any atom is 0.339 e. The van der Waals surface area contributed by atoms with Gasteiger partial charge in [-0.3, -0.25) is 0 Å². The summed E-state index contributed by atoms with van der Waals surface area (Å²) in [6.45, 7) is 0. The number of thioether (sulfide) groups is 1. The topological polar surface area (TPSA) is 55.8 Å². The molecule has 0 fully saturated rings. The average molecular weight is 228 g/mol. The number of hydrogen-bond donors (Lipinski definition) is 1. The lowest BCUT2D eigenvalue weighted by Crippen LogP contribution is -2.03. The van der Waals surface area contributed by atoms with Crippen LogP contribution in [0.2, 0.25) is 0 Å². The van der Waals surface area contributed by atoms with Gasteiger partial charge in [-0.25, -0.2) is 4.79 Å². The Morgan fingerprint density at radius 2 is 1.87 bits per heavy atom. The van der Waals surface area contributed by atoms with Crippen LogP contribution in [0.25, 0.3) is 0 Å². The average Bonchev–Trinajstić information content (AvgIpc) is 2.26. The molecule has 1 rings (SSSR count). The van der Waals surface area contributed by atoms with Crippen LogP contribution in [0.4, 0.5) is 0 Å². The van der Waals surface area contributed by atoms with E-state index in [-0.39, 0.29) is 11.3 Å². The highest BCUT2D eigenvalue weighted by atomic mass is 32.2. The summed E-state index contributed by atoms with van der Waals surface area (Å²) < 4.78 is 10.2. The third-order valence-electron chi connectivity index (χ3n) is 1.93. The fourth-order valence-corrected chi connectivity index (χ4v) is 1.84. The predicted octanol–water partition coefficient (Wildman–Crippen LogP) is 2.12. The number of aromatic carboxylic acids is 1. The third-order valence-corrected chi connectivity index (χ3v) is 2.70. The highest BCUT2D eigenvalue weighted by molar-refractivity contribution is 7.98. The molecule has 5 heteroatoms. The molecule has 0 heterocycles. The maximum absolute atomic E-state index is 10.9. The van der Waals surface area contributed by atoms with E-state index in [1.807, 2.05) is 6.26 Å². The van der Waals surface area contributed by atoms with E-state index in [2.05, 4.69) is 0 Å². The van der Waals surface area contributed by atoms with Gasteiger partial charge in [0.25, 0.3) is 0 Å². The first kappa shape index (κ1) is 11.7. The standard InChI is InChI=1S/C10H12O4S/c1-13-8-6(10(11)12)4-5-7(15-3)9(8)14-2/h4-5H,1-3H3,(H,11,12). The molecule has 15 heavy (non-hydrogen) atoms. The molecule has 0 radical (unpaired) electrons. The zero-order valence-electron chi connectivity index (χ0n) is 8.73. The molecule has 0 bridgehead atoms. The molecular formula is C10H12O4S. The highest BCUT2D eigenvalue weighted by Crippen LogP contribution is 2.39. The summed E-state index contributed by atoms with van der Waals surface area (Å²) >= 11 is 1.47. The summed E-state index contributed by atoms with van der Waals surface area (Å²) in [5.41, 5.74) is 0.104. The molecule has 0 aliphatic heterocycles. The van der Waals surface area contributed by atoms with Gasteiger partial charge in [0.1, 0.15) is 5.56 Å². The van der Waals surface area contributed by atoms with E-state index in [9.17, 15) is 4.79 Å². The number of rotatable bonds is 4. The van der Waals surface area contributed by atoms with Crippen LogP contribution in [0.3, 0.4) is 0 Å². The van der Waals surface area contributed by atoms with E-state index in [1.165, 1.54) is 32.0 Å². The monoisotopic (exact) mass is 228 g/mol. The minimum absolute atomic E-state index is 0.104. The van der Waals surface area contributed by atoms with Crippen LogP contribution in [0.15, 0.2) is 17.0 Å². The molecule has 0 aliphatic carbocycles. The Morgan fingerprint density at radius 3 is 2.27 bits per heavy atom. The lowest BCUT2D eigenvalue weighted by Gasteiger charge is -2.13. The molecule has 0 aromatic heterocycles. The smallest absolute Gasteiger partial charge is 0.339 e. The van der Waals surface area contributed by atoms with Crippen LogP contribution in [0.1, 0.15) is 10.4 Å². The second-order valence-corrected chi connectivity index (χ2v) is 3.54. The Balaban J connectivity index is 3.40. The summed E-state index contributed by atoms with van der Waals surface area (Å²) in [5.74, 6) is -0.306. The molecule has 0 amide bonds. The normalized spacial score (nSPS) is 9.80. The highest BCUT2D eigenvalue weighted by Gasteiger charge is 2.18. The third kappa shape index (κ3) is 2.18. The Labute approximate surface area is 92.2 Å². The molecule has 0 atom stereocenters. The molecule has 0 saturated carbocycles. The van der Waals surface area contributed by atoms with E-state index in [1.54, 1.807) is 6.07 Å². The molecule has 1 aromatic carbocycles. The first-order valence-electron chi connectivity index (χ1n) is 4.18. The fourth-order valence-electron chi connectivity index (χ4n) is 1.27. The largest absolute Gasteiger partial charge is 0.492 e. The number of carboxylic acids is 1. The predicted molar refractivity (Wildman–Crippen MR) is 58.3 cm³/mol. The molecule has 82 valence electrons. The van der Waals surface area contributed by atoms with E-state index in [0.29, 0.717) is 5.75 Å². The van der Waals surface area contributed by atoms with Crippen LogP contribution in [-0.4, -0.2) is 31.6 Å². The number of hydrogen-bond acceptors (Lipinski definition) is 4. The van der Waals surface area contributed by atoms with Crippen molar-refractivity contribution in [2.24, 2.45) is 0 Å². The molecular weight excluding hydrogens is 216 g/mol.